The molecule has 0 unspecified atom stereocenters. The summed E-state index contributed by atoms with van der Waals surface area (Å²) >= 11 is 0. The minimum absolute atomic E-state index is 0.205. The first-order chi connectivity index (χ1) is 14.9. The molecule has 0 radical (unpaired) electrons. The summed E-state index contributed by atoms with van der Waals surface area (Å²) in [6.45, 7) is 3.70. The van der Waals surface area contributed by atoms with Crippen molar-refractivity contribution in [1.29, 1.82) is 0 Å². The van der Waals surface area contributed by atoms with Crippen molar-refractivity contribution in [2.75, 3.05) is 26.1 Å². The normalized spacial score (nSPS) is 10.6. The molecule has 3 aromatic rings. The van der Waals surface area contributed by atoms with Gasteiger partial charge in [0.25, 0.3) is 0 Å². The van der Waals surface area contributed by atoms with Gasteiger partial charge in [0.1, 0.15) is 17.1 Å². The number of carbonyl (C=O) groups is 2. The Labute approximate surface area is 178 Å². The Bertz CT molecular complexity index is 1200. The van der Waals surface area contributed by atoms with Gasteiger partial charge in [0.15, 0.2) is 0 Å². The fraction of sp³-hybridized carbons (Fsp3) is 0.261. The third-order valence-electron chi connectivity index (χ3n) is 4.77. The van der Waals surface area contributed by atoms with Crippen LogP contribution in [0.15, 0.2) is 45.6 Å². The van der Waals surface area contributed by atoms with Crippen molar-refractivity contribution in [2.24, 2.45) is 0 Å². The van der Waals surface area contributed by atoms with Crippen molar-refractivity contribution in [3.63, 3.8) is 0 Å². The number of benzene rings is 2. The van der Waals surface area contributed by atoms with Crippen molar-refractivity contribution in [2.45, 2.75) is 20.3 Å². The summed E-state index contributed by atoms with van der Waals surface area (Å²) < 4.78 is 21.0. The first kappa shape index (κ1) is 21.9. The first-order valence-electron chi connectivity index (χ1n) is 9.63. The number of ether oxygens (including phenoxy) is 3. The third kappa shape index (κ3) is 4.69. The monoisotopic (exact) mass is 425 g/mol. The molecule has 0 bridgehead atoms. The molecule has 0 spiro atoms. The highest BCUT2D eigenvalue weighted by Crippen LogP contribution is 2.33. The smallest absolute Gasteiger partial charge is 0.340 e. The van der Waals surface area contributed by atoms with Crippen LogP contribution in [0.1, 0.15) is 28.4 Å². The lowest BCUT2D eigenvalue weighted by atomic mass is 10.0. The lowest BCUT2D eigenvalue weighted by molar-refractivity contribution is -0.115. The molecule has 8 nitrogen and oxygen atoms in total. The zero-order valence-electron chi connectivity index (χ0n) is 17.7. The van der Waals surface area contributed by atoms with E-state index in [1.807, 2.05) is 0 Å². The molecular formula is C23H23NO7. The van der Waals surface area contributed by atoms with Crippen LogP contribution in [-0.4, -0.2) is 32.7 Å². The number of hydrogen-bond acceptors (Lipinski definition) is 7. The van der Waals surface area contributed by atoms with Gasteiger partial charge in [0.2, 0.25) is 5.91 Å². The van der Waals surface area contributed by atoms with E-state index in [2.05, 4.69) is 5.32 Å². The van der Waals surface area contributed by atoms with Gasteiger partial charge in [-0.2, -0.15) is 0 Å². The number of aryl methyl sites for hydroxylation is 1. The van der Waals surface area contributed by atoms with Crippen molar-refractivity contribution in [3.05, 3.63) is 63.5 Å². The number of anilines is 1. The van der Waals surface area contributed by atoms with Crippen LogP contribution in [0.3, 0.4) is 0 Å². The Morgan fingerprint density at radius 1 is 1.10 bits per heavy atom. The Morgan fingerprint density at radius 2 is 1.87 bits per heavy atom. The quantitative estimate of drug-likeness (QED) is 0.456. The van der Waals surface area contributed by atoms with Crippen molar-refractivity contribution in [1.82, 2.24) is 0 Å². The second kappa shape index (κ2) is 9.34. The first-order valence-corrected chi connectivity index (χ1v) is 9.63. The van der Waals surface area contributed by atoms with Gasteiger partial charge in [-0.3, -0.25) is 4.79 Å². The molecule has 1 N–H and O–H groups in total. The molecule has 8 heteroatoms. The maximum absolute atomic E-state index is 12.6. The predicted octanol–water partition coefficient (Wildman–Crippen LogP) is 3.48. The number of rotatable bonds is 7. The summed E-state index contributed by atoms with van der Waals surface area (Å²) in [5, 5.41) is 3.29. The molecule has 162 valence electrons. The van der Waals surface area contributed by atoms with E-state index in [9.17, 15) is 14.4 Å². The van der Waals surface area contributed by atoms with Crippen molar-refractivity contribution >= 4 is 28.5 Å². The standard InChI is InChI=1S/C23H23NO7/c1-5-30-22(26)14-7-6-8-15(9-14)24-20(25)12-17-13(2)21-18(29-4)10-16(28-3)11-19(21)31-23(17)27/h6-11H,5,12H2,1-4H3,(H,24,25). The number of nitrogens with one attached hydrogen (secondary N) is 1. The van der Waals surface area contributed by atoms with Crippen LogP contribution < -0.4 is 20.4 Å². The van der Waals surface area contributed by atoms with Crippen LogP contribution in [0.2, 0.25) is 0 Å². The zero-order chi connectivity index (χ0) is 22.5. The number of carbonyl (C=O) groups excluding carboxylic acids is 2. The van der Waals surface area contributed by atoms with E-state index in [1.54, 1.807) is 44.2 Å². The number of methoxy groups -OCH3 is 2. The number of hydrogen-bond donors (Lipinski definition) is 1. The van der Waals surface area contributed by atoms with Crippen molar-refractivity contribution in [3.8, 4) is 11.5 Å². The van der Waals surface area contributed by atoms with Crippen LogP contribution in [-0.2, 0) is 16.0 Å². The average Bonchev–Trinajstić information content (AvgIpc) is 2.76. The Hall–Kier alpha value is -3.81. The van der Waals surface area contributed by atoms with Gasteiger partial charge in [-0.05, 0) is 37.6 Å². The number of esters is 1. The summed E-state index contributed by atoms with van der Waals surface area (Å²) in [6.07, 6.45) is -0.205. The molecule has 0 aliphatic heterocycles. The summed E-state index contributed by atoms with van der Waals surface area (Å²) in [7, 11) is 3.00. The fourth-order valence-corrected chi connectivity index (χ4v) is 3.27. The number of fused-ring (bicyclic) bond motifs is 1. The molecule has 0 atom stereocenters. The largest absolute Gasteiger partial charge is 0.496 e. The minimum atomic E-state index is -0.615. The molecular weight excluding hydrogens is 402 g/mol. The van der Waals surface area contributed by atoms with E-state index in [1.165, 1.54) is 20.3 Å². The van der Waals surface area contributed by atoms with Gasteiger partial charge in [0.05, 0.1) is 43.8 Å². The lowest BCUT2D eigenvalue weighted by Gasteiger charge is -2.13. The van der Waals surface area contributed by atoms with Crippen molar-refractivity contribution < 1.29 is 28.2 Å². The molecule has 0 aliphatic rings. The predicted molar refractivity (Wildman–Crippen MR) is 115 cm³/mol. The molecule has 2 aromatic carbocycles. The van der Waals surface area contributed by atoms with Crippen LogP contribution in [0.25, 0.3) is 11.0 Å². The molecule has 0 fully saturated rings. The molecule has 0 saturated heterocycles. The maximum atomic E-state index is 12.6. The Morgan fingerprint density at radius 3 is 2.55 bits per heavy atom. The van der Waals surface area contributed by atoms with E-state index in [4.69, 9.17) is 18.6 Å². The fourth-order valence-electron chi connectivity index (χ4n) is 3.27. The Balaban J connectivity index is 1.90. The molecule has 0 aliphatic carbocycles. The highest BCUT2D eigenvalue weighted by molar-refractivity contribution is 5.96. The van der Waals surface area contributed by atoms with Gasteiger partial charge in [-0.25, -0.2) is 9.59 Å². The van der Waals surface area contributed by atoms with Crippen LogP contribution in [0, 0.1) is 6.92 Å². The SMILES string of the molecule is CCOC(=O)c1cccc(NC(=O)Cc2c(C)c3c(OC)cc(OC)cc3oc2=O)c1. The second-order valence-corrected chi connectivity index (χ2v) is 6.72. The van der Waals surface area contributed by atoms with E-state index in [0.29, 0.717) is 39.3 Å². The van der Waals surface area contributed by atoms with Gasteiger partial charge < -0.3 is 23.9 Å². The average molecular weight is 425 g/mol. The van der Waals surface area contributed by atoms with Crippen LogP contribution >= 0.6 is 0 Å². The minimum Gasteiger partial charge on any atom is -0.496 e. The van der Waals surface area contributed by atoms with E-state index < -0.39 is 17.5 Å². The highest BCUT2D eigenvalue weighted by Gasteiger charge is 2.19. The molecule has 3 rings (SSSR count). The molecule has 31 heavy (non-hydrogen) atoms. The summed E-state index contributed by atoms with van der Waals surface area (Å²) in [6, 6.07) is 9.66. The molecule has 1 heterocycles. The van der Waals surface area contributed by atoms with Gasteiger partial charge in [0, 0.05) is 17.8 Å². The zero-order valence-corrected chi connectivity index (χ0v) is 17.7. The summed E-state index contributed by atoms with van der Waals surface area (Å²) in [5.74, 6) is 0.0497. The van der Waals surface area contributed by atoms with Gasteiger partial charge >= 0.3 is 11.6 Å². The summed E-state index contributed by atoms with van der Waals surface area (Å²) in [5.41, 5.74) is 1.23. The molecule has 1 aromatic heterocycles. The number of amides is 1. The van der Waals surface area contributed by atoms with Gasteiger partial charge in [-0.15, -0.1) is 0 Å². The molecule has 0 saturated carbocycles. The van der Waals surface area contributed by atoms with E-state index in [0.717, 1.165) is 0 Å². The second-order valence-electron chi connectivity index (χ2n) is 6.72. The highest BCUT2D eigenvalue weighted by atomic mass is 16.5. The van der Waals surface area contributed by atoms with Crippen LogP contribution in [0.4, 0.5) is 5.69 Å². The lowest BCUT2D eigenvalue weighted by Crippen LogP contribution is -2.21. The third-order valence-corrected chi connectivity index (χ3v) is 4.77. The van der Waals surface area contributed by atoms with Crippen LogP contribution in [0.5, 0.6) is 11.5 Å². The topological polar surface area (TPSA) is 104 Å². The summed E-state index contributed by atoms with van der Waals surface area (Å²) in [4.78, 5) is 37.1. The van der Waals surface area contributed by atoms with E-state index >= 15 is 0 Å². The molecule has 1 amide bonds. The Kier molecular flexibility index (Phi) is 6.59. The van der Waals surface area contributed by atoms with Gasteiger partial charge in [-0.1, -0.05) is 6.07 Å². The maximum Gasteiger partial charge on any atom is 0.340 e. The van der Waals surface area contributed by atoms with E-state index in [-0.39, 0.29) is 18.6 Å².